The van der Waals surface area contributed by atoms with Gasteiger partial charge in [-0.2, -0.15) is 0 Å². The van der Waals surface area contributed by atoms with E-state index >= 15 is 0 Å². The predicted molar refractivity (Wildman–Crippen MR) is 110 cm³/mol. The fourth-order valence-corrected chi connectivity index (χ4v) is 5.24. The van der Waals surface area contributed by atoms with E-state index < -0.39 is 5.60 Å². The SMILES string of the molecule is OC1(c2cccs2)CCC(CCN2C=CC(C3=CCC=CC3)=CC2)CC1. The Labute approximate surface area is 161 Å². The third-order valence-corrected chi connectivity index (χ3v) is 7.19. The second-order valence-corrected chi connectivity index (χ2v) is 8.80. The summed E-state index contributed by atoms with van der Waals surface area (Å²) in [6, 6.07) is 4.14. The van der Waals surface area contributed by atoms with E-state index in [-0.39, 0.29) is 0 Å². The van der Waals surface area contributed by atoms with E-state index in [1.54, 1.807) is 11.3 Å². The first kappa shape index (κ1) is 17.8. The van der Waals surface area contributed by atoms with E-state index in [4.69, 9.17) is 0 Å². The van der Waals surface area contributed by atoms with Crippen LogP contribution in [0.1, 0.15) is 49.8 Å². The largest absolute Gasteiger partial charge is 0.384 e. The Balaban J connectivity index is 1.22. The summed E-state index contributed by atoms with van der Waals surface area (Å²) in [5.74, 6) is 0.750. The molecule has 4 rings (SSSR count). The second-order valence-electron chi connectivity index (χ2n) is 7.85. The molecule has 0 spiro atoms. The number of hydrogen-bond acceptors (Lipinski definition) is 3. The van der Waals surface area contributed by atoms with E-state index in [0.717, 1.165) is 62.4 Å². The van der Waals surface area contributed by atoms with Gasteiger partial charge in [-0.15, -0.1) is 11.3 Å². The van der Waals surface area contributed by atoms with Crippen molar-refractivity contribution in [2.45, 2.75) is 50.5 Å². The zero-order valence-corrected chi connectivity index (χ0v) is 16.3. The maximum absolute atomic E-state index is 10.9. The van der Waals surface area contributed by atoms with Gasteiger partial charge in [0, 0.05) is 18.0 Å². The molecule has 1 aromatic heterocycles. The summed E-state index contributed by atoms with van der Waals surface area (Å²) < 4.78 is 0. The Hall–Kier alpha value is -1.58. The van der Waals surface area contributed by atoms with Crippen LogP contribution in [0.3, 0.4) is 0 Å². The summed E-state index contributed by atoms with van der Waals surface area (Å²) in [4.78, 5) is 3.59. The number of nitrogens with zero attached hydrogens (tertiary/aromatic N) is 1. The van der Waals surface area contributed by atoms with Crippen molar-refractivity contribution >= 4 is 11.3 Å². The normalized spacial score (nSPS) is 28.8. The first-order valence-electron chi connectivity index (χ1n) is 9.96. The van der Waals surface area contributed by atoms with Crippen molar-refractivity contribution in [2.75, 3.05) is 13.1 Å². The zero-order chi connectivity index (χ0) is 17.8. The molecule has 1 N–H and O–H groups in total. The van der Waals surface area contributed by atoms with Crippen LogP contribution in [0.4, 0.5) is 0 Å². The summed E-state index contributed by atoms with van der Waals surface area (Å²) in [7, 11) is 0. The maximum Gasteiger partial charge on any atom is 0.0988 e. The lowest BCUT2D eigenvalue weighted by Crippen LogP contribution is -2.32. The van der Waals surface area contributed by atoms with E-state index in [2.05, 4.69) is 52.9 Å². The van der Waals surface area contributed by atoms with Crippen molar-refractivity contribution in [3.8, 4) is 0 Å². The standard InChI is InChI=1S/C23H29NOS/c25-23(22-7-4-18-26-22)13-8-19(9-14-23)10-15-24-16-11-21(12-17-24)20-5-2-1-3-6-20/h1-2,4,6-7,11-12,16,18-19,25H,3,5,8-10,13-15,17H2. The van der Waals surface area contributed by atoms with Crippen LogP contribution in [0.2, 0.25) is 0 Å². The molecule has 26 heavy (non-hydrogen) atoms. The van der Waals surface area contributed by atoms with Gasteiger partial charge in [-0.05, 0) is 85.7 Å². The van der Waals surface area contributed by atoms with Crippen molar-refractivity contribution in [1.29, 1.82) is 0 Å². The van der Waals surface area contributed by atoms with Crippen molar-refractivity contribution < 1.29 is 5.11 Å². The second kappa shape index (κ2) is 7.98. The van der Waals surface area contributed by atoms with Gasteiger partial charge in [-0.3, -0.25) is 0 Å². The summed E-state index contributed by atoms with van der Waals surface area (Å²) in [6.45, 7) is 2.15. The van der Waals surface area contributed by atoms with Crippen molar-refractivity contribution in [3.05, 3.63) is 70.1 Å². The van der Waals surface area contributed by atoms with Crippen LogP contribution in [0.5, 0.6) is 0 Å². The molecule has 0 radical (unpaired) electrons. The van der Waals surface area contributed by atoms with Crippen LogP contribution >= 0.6 is 11.3 Å². The average Bonchev–Trinajstić information content (AvgIpc) is 3.25. The van der Waals surface area contributed by atoms with Crippen LogP contribution < -0.4 is 0 Å². The molecule has 138 valence electrons. The third kappa shape index (κ3) is 4.05. The molecular weight excluding hydrogens is 338 g/mol. The van der Waals surface area contributed by atoms with Gasteiger partial charge in [-0.25, -0.2) is 0 Å². The lowest BCUT2D eigenvalue weighted by molar-refractivity contribution is -0.0125. The molecule has 0 bridgehead atoms. The number of rotatable bonds is 5. The minimum atomic E-state index is -0.560. The summed E-state index contributed by atoms with van der Waals surface area (Å²) in [6.07, 6.45) is 21.3. The van der Waals surface area contributed by atoms with Crippen LogP contribution in [-0.2, 0) is 5.60 Å². The average molecular weight is 368 g/mol. The number of aliphatic hydroxyl groups is 1. The van der Waals surface area contributed by atoms with Gasteiger partial charge in [0.25, 0.3) is 0 Å². The molecule has 0 unspecified atom stereocenters. The highest BCUT2D eigenvalue weighted by Gasteiger charge is 2.35. The summed E-state index contributed by atoms with van der Waals surface area (Å²) >= 11 is 1.69. The van der Waals surface area contributed by atoms with Gasteiger partial charge in [0.05, 0.1) is 5.60 Å². The Kier molecular flexibility index (Phi) is 5.46. The number of hydrogen-bond donors (Lipinski definition) is 1. The predicted octanol–water partition coefficient (Wildman–Crippen LogP) is 5.55. The number of allylic oxidation sites excluding steroid dienone is 6. The smallest absolute Gasteiger partial charge is 0.0988 e. The first-order chi connectivity index (χ1) is 12.7. The molecule has 0 atom stereocenters. The van der Waals surface area contributed by atoms with Crippen molar-refractivity contribution in [2.24, 2.45) is 5.92 Å². The molecule has 1 fully saturated rings. The lowest BCUT2D eigenvalue weighted by Gasteiger charge is -2.36. The van der Waals surface area contributed by atoms with Gasteiger partial charge in [0.2, 0.25) is 0 Å². The fraction of sp³-hybridized carbons (Fsp3) is 0.478. The van der Waals surface area contributed by atoms with E-state index in [1.165, 1.54) is 17.6 Å². The lowest BCUT2D eigenvalue weighted by atomic mass is 9.77. The van der Waals surface area contributed by atoms with Crippen molar-refractivity contribution in [1.82, 2.24) is 4.90 Å². The summed E-state index contributed by atoms with van der Waals surface area (Å²) in [5, 5.41) is 13.0. The van der Waals surface area contributed by atoms with Crippen molar-refractivity contribution in [3.63, 3.8) is 0 Å². The Morgan fingerprint density at radius 3 is 2.73 bits per heavy atom. The van der Waals surface area contributed by atoms with Gasteiger partial charge in [0.1, 0.15) is 0 Å². The molecule has 3 heteroatoms. The van der Waals surface area contributed by atoms with E-state index in [1.807, 2.05) is 6.07 Å². The Morgan fingerprint density at radius 1 is 1.19 bits per heavy atom. The van der Waals surface area contributed by atoms with E-state index in [9.17, 15) is 5.11 Å². The zero-order valence-electron chi connectivity index (χ0n) is 15.4. The number of thiophene rings is 1. The third-order valence-electron chi connectivity index (χ3n) is 6.12. The molecule has 1 saturated carbocycles. The molecule has 2 nitrogen and oxygen atoms in total. The minimum absolute atomic E-state index is 0.560. The highest BCUT2D eigenvalue weighted by Crippen LogP contribution is 2.42. The molecular formula is C23H29NOS. The van der Waals surface area contributed by atoms with Crippen LogP contribution in [0.15, 0.2) is 65.2 Å². The van der Waals surface area contributed by atoms with Gasteiger partial charge in [0.15, 0.2) is 0 Å². The van der Waals surface area contributed by atoms with Crippen LogP contribution in [-0.4, -0.2) is 23.1 Å². The summed E-state index contributed by atoms with van der Waals surface area (Å²) in [5.41, 5.74) is 2.32. The Morgan fingerprint density at radius 2 is 2.08 bits per heavy atom. The minimum Gasteiger partial charge on any atom is -0.384 e. The molecule has 0 aromatic carbocycles. The molecule has 1 aromatic rings. The highest BCUT2D eigenvalue weighted by atomic mass is 32.1. The molecule has 1 aliphatic heterocycles. The fourth-order valence-electron chi connectivity index (χ4n) is 4.35. The van der Waals surface area contributed by atoms with Crippen LogP contribution in [0, 0.1) is 5.92 Å². The first-order valence-corrected chi connectivity index (χ1v) is 10.8. The van der Waals surface area contributed by atoms with Gasteiger partial charge >= 0.3 is 0 Å². The molecule has 2 heterocycles. The Bertz CT molecular complexity index is 717. The molecule has 0 amide bonds. The highest BCUT2D eigenvalue weighted by molar-refractivity contribution is 7.10. The van der Waals surface area contributed by atoms with Crippen LogP contribution in [0.25, 0.3) is 0 Å². The molecule has 3 aliphatic rings. The van der Waals surface area contributed by atoms with Gasteiger partial charge in [-0.1, -0.05) is 30.4 Å². The maximum atomic E-state index is 10.9. The topological polar surface area (TPSA) is 23.5 Å². The molecule has 0 saturated heterocycles. The van der Waals surface area contributed by atoms with E-state index in [0.29, 0.717) is 0 Å². The molecule has 2 aliphatic carbocycles. The quantitative estimate of drug-likeness (QED) is 0.690. The van der Waals surface area contributed by atoms with Gasteiger partial charge < -0.3 is 10.0 Å². The monoisotopic (exact) mass is 367 g/mol.